The van der Waals surface area contributed by atoms with Gasteiger partial charge in [-0.25, -0.2) is 4.39 Å². The average Bonchev–Trinajstić information content (AvgIpc) is 2.88. The molecule has 1 aromatic carbocycles. The fraction of sp³-hybridized carbons (Fsp3) is 0.312. The number of rotatable bonds is 3. The molecule has 2 nitrogen and oxygen atoms in total. The molecule has 0 radical (unpaired) electrons. The van der Waals surface area contributed by atoms with Gasteiger partial charge >= 0.3 is 0 Å². The smallest absolute Gasteiger partial charge is 0.203 e. The Morgan fingerprint density at radius 3 is 2.45 bits per heavy atom. The number of thiophene rings is 1. The van der Waals surface area contributed by atoms with Gasteiger partial charge in [-0.3, -0.25) is 4.79 Å². The monoisotopic (exact) mass is 292 g/mol. The Morgan fingerprint density at radius 1 is 1.20 bits per heavy atom. The molecule has 0 aliphatic rings. The topological polar surface area (TPSA) is 26.3 Å². The molecule has 106 valence electrons. The first kappa shape index (κ1) is 14.7. The molecule has 2 rings (SSSR count). The number of hydrogen-bond acceptors (Lipinski definition) is 3. The molecule has 0 aliphatic carbocycles. The van der Waals surface area contributed by atoms with E-state index in [9.17, 15) is 9.18 Å². The maximum Gasteiger partial charge on any atom is 0.203 e. The summed E-state index contributed by atoms with van der Waals surface area (Å²) < 4.78 is 18.3. The number of benzene rings is 1. The summed E-state index contributed by atoms with van der Waals surface area (Å²) in [4.78, 5) is 14.2. The lowest BCUT2D eigenvalue weighted by Crippen LogP contribution is -2.08. The maximum atomic E-state index is 13.4. The van der Waals surface area contributed by atoms with Crippen LogP contribution in [0, 0.1) is 5.82 Å². The summed E-state index contributed by atoms with van der Waals surface area (Å²) >= 11 is 1.48. The van der Waals surface area contributed by atoms with Crippen molar-refractivity contribution in [2.24, 2.45) is 0 Å². The van der Waals surface area contributed by atoms with Crippen LogP contribution in [0.1, 0.15) is 40.9 Å². The van der Waals surface area contributed by atoms with E-state index in [0.717, 1.165) is 4.88 Å². The van der Waals surface area contributed by atoms with Crippen LogP contribution < -0.4 is 4.74 Å². The van der Waals surface area contributed by atoms with E-state index in [1.165, 1.54) is 36.6 Å². The van der Waals surface area contributed by atoms with E-state index in [1.807, 2.05) is 12.1 Å². The van der Waals surface area contributed by atoms with Crippen molar-refractivity contribution in [1.29, 1.82) is 0 Å². The first-order valence-electron chi connectivity index (χ1n) is 6.31. The standard InChI is InChI=1S/C16H17FO2S/c1-16(2,3)14-8-7-13(20-14)15(18)10-5-6-11(17)12(9-10)19-4/h5-9H,1-4H3. The summed E-state index contributed by atoms with van der Waals surface area (Å²) in [5.74, 6) is -0.488. The molecular weight excluding hydrogens is 275 g/mol. The van der Waals surface area contributed by atoms with Gasteiger partial charge in [0.15, 0.2) is 11.6 Å². The minimum Gasteiger partial charge on any atom is -0.494 e. The molecule has 0 N–H and O–H groups in total. The van der Waals surface area contributed by atoms with E-state index < -0.39 is 5.82 Å². The van der Waals surface area contributed by atoms with Crippen LogP contribution in [0.3, 0.4) is 0 Å². The zero-order valence-electron chi connectivity index (χ0n) is 12.0. The third kappa shape index (κ3) is 2.90. The van der Waals surface area contributed by atoms with Gasteiger partial charge in [-0.1, -0.05) is 20.8 Å². The van der Waals surface area contributed by atoms with Crippen molar-refractivity contribution < 1.29 is 13.9 Å². The van der Waals surface area contributed by atoms with Crippen molar-refractivity contribution in [3.63, 3.8) is 0 Å². The molecule has 1 aromatic heterocycles. The van der Waals surface area contributed by atoms with Crippen LogP contribution in [0.25, 0.3) is 0 Å². The number of carbonyl (C=O) groups excluding carboxylic acids is 1. The van der Waals surface area contributed by atoms with Crippen molar-refractivity contribution >= 4 is 17.1 Å². The van der Waals surface area contributed by atoms with Crippen LogP contribution in [0.15, 0.2) is 30.3 Å². The van der Waals surface area contributed by atoms with Gasteiger partial charge in [0, 0.05) is 10.4 Å². The summed E-state index contributed by atoms with van der Waals surface area (Å²) in [5.41, 5.74) is 0.453. The highest BCUT2D eigenvalue weighted by atomic mass is 32.1. The van der Waals surface area contributed by atoms with Crippen LogP contribution in [-0.2, 0) is 5.41 Å². The number of carbonyl (C=O) groups is 1. The highest BCUT2D eigenvalue weighted by molar-refractivity contribution is 7.14. The molecule has 0 fully saturated rings. The third-order valence-corrected chi connectivity index (χ3v) is 4.49. The van der Waals surface area contributed by atoms with Crippen LogP contribution in [0.4, 0.5) is 4.39 Å². The van der Waals surface area contributed by atoms with Crippen LogP contribution >= 0.6 is 11.3 Å². The summed E-state index contributed by atoms with van der Waals surface area (Å²) in [5, 5.41) is 0. The van der Waals surface area contributed by atoms with Crippen molar-refractivity contribution in [1.82, 2.24) is 0 Å². The highest BCUT2D eigenvalue weighted by Crippen LogP contribution is 2.31. The Kier molecular flexibility index (Phi) is 3.95. The van der Waals surface area contributed by atoms with Crippen molar-refractivity contribution in [2.45, 2.75) is 26.2 Å². The lowest BCUT2D eigenvalue weighted by atomic mass is 9.95. The second-order valence-corrected chi connectivity index (χ2v) is 6.68. The molecule has 2 aromatic rings. The molecule has 0 atom stereocenters. The molecular formula is C16H17FO2S. The molecule has 0 unspecified atom stereocenters. The second kappa shape index (κ2) is 5.37. The van der Waals surface area contributed by atoms with Gasteiger partial charge in [0.1, 0.15) is 0 Å². The van der Waals surface area contributed by atoms with Gasteiger partial charge in [-0.15, -0.1) is 11.3 Å². The van der Waals surface area contributed by atoms with Crippen LogP contribution in [0.2, 0.25) is 0 Å². The molecule has 4 heteroatoms. The Bertz CT molecular complexity index is 638. The number of hydrogen-bond donors (Lipinski definition) is 0. The van der Waals surface area contributed by atoms with E-state index in [4.69, 9.17) is 4.74 Å². The first-order valence-corrected chi connectivity index (χ1v) is 7.13. The zero-order valence-corrected chi connectivity index (χ0v) is 12.8. The molecule has 1 heterocycles. The van der Waals surface area contributed by atoms with Crippen molar-refractivity contribution in [3.05, 3.63) is 51.5 Å². The van der Waals surface area contributed by atoms with E-state index >= 15 is 0 Å². The number of ketones is 1. The number of ether oxygens (including phenoxy) is 1. The Labute approximate surface area is 122 Å². The molecule has 0 bridgehead atoms. The number of methoxy groups -OCH3 is 1. The van der Waals surface area contributed by atoms with E-state index in [2.05, 4.69) is 20.8 Å². The van der Waals surface area contributed by atoms with Gasteiger partial charge in [0.2, 0.25) is 5.78 Å². The predicted octanol–water partition coefficient (Wildman–Crippen LogP) is 4.42. The molecule has 0 amide bonds. The van der Waals surface area contributed by atoms with E-state index in [-0.39, 0.29) is 16.9 Å². The van der Waals surface area contributed by atoms with Crippen LogP contribution in [-0.4, -0.2) is 12.9 Å². The van der Waals surface area contributed by atoms with Crippen molar-refractivity contribution in [3.8, 4) is 5.75 Å². The second-order valence-electron chi connectivity index (χ2n) is 5.59. The van der Waals surface area contributed by atoms with Gasteiger partial charge in [0.05, 0.1) is 12.0 Å². The third-order valence-electron chi connectivity index (χ3n) is 2.98. The summed E-state index contributed by atoms with van der Waals surface area (Å²) in [6.07, 6.45) is 0. The molecule has 0 saturated carbocycles. The molecule has 20 heavy (non-hydrogen) atoms. The van der Waals surface area contributed by atoms with Gasteiger partial charge < -0.3 is 4.74 Å². The zero-order chi connectivity index (χ0) is 14.9. The highest BCUT2D eigenvalue weighted by Gasteiger charge is 2.20. The van der Waals surface area contributed by atoms with Crippen molar-refractivity contribution in [2.75, 3.05) is 7.11 Å². The number of halogens is 1. The summed E-state index contributed by atoms with van der Waals surface area (Å²) in [6.45, 7) is 6.32. The summed E-state index contributed by atoms with van der Waals surface area (Å²) in [6, 6.07) is 7.97. The SMILES string of the molecule is COc1cc(C(=O)c2ccc(C(C)(C)C)s2)ccc1F. The van der Waals surface area contributed by atoms with Gasteiger partial charge in [0.25, 0.3) is 0 Å². The van der Waals surface area contributed by atoms with E-state index in [0.29, 0.717) is 10.4 Å². The first-order chi connectivity index (χ1) is 9.32. The molecule has 0 saturated heterocycles. The maximum absolute atomic E-state index is 13.4. The lowest BCUT2D eigenvalue weighted by Gasteiger charge is -2.15. The molecule has 0 aliphatic heterocycles. The molecule has 0 spiro atoms. The van der Waals surface area contributed by atoms with Crippen LogP contribution in [0.5, 0.6) is 5.75 Å². The fourth-order valence-electron chi connectivity index (χ4n) is 1.81. The predicted molar refractivity (Wildman–Crippen MR) is 79.4 cm³/mol. The normalized spacial score (nSPS) is 11.4. The largest absolute Gasteiger partial charge is 0.494 e. The average molecular weight is 292 g/mol. The minimum atomic E-state index is -0.467. The van der Waals surface area contributed by atoms with Gasteiger partial charge in [-0.2, -0.15) is 0 Å². The summed E-state index contributed by atoms with van der Waals surface area (Å²) in [7, 11) is 1.38. The quantitative estimate of drug-likeness (QED) is 0.783. The fourth-order valence-corrected chi connectivity index (χ4v) is 2.83. The Balaban J connectivity index is 2.34. The lowest BCUT2D eigenvalue weighted by molar-refractivity contribution is 0.104. The Hall–Kier alpha value is -1.68. The minimum absolute atomic E-state index is 0.0175. The Morgan fingerprint density at radius 2 is 1.90 bits per heavy atom. The van der Waals surface area contributed by atoms with E-state index in [1.54, 1.807) is 0 Å². The van der Waals surface area contributed by atoms with Gasteiger partial charge in [-0.05, 0) is 35.7 Å².